The molecule has 0 aliphatic carbocycles. The molecule has 0 saturated carbocycles. The first-order valence-electron chi connectivity index (χ1n) is 6.45. The first-order chi connectivity index (χ1) is 8.55. The lowest BCUT2D eigenvalue weighted by atomic mass is 10.2. The predicted molar refractivity (Wildman–Crippen MR) is 78.2 cm³/mol. The topological polar surface area (TPSA) is 15.3 Å². The Balaban J connectivity index is 2.44. The standard InChI is InChI=1S/C14H22BrFN2/c1-4-18(5-2)10-11(3)17-9-12-6-13(15)8-14(16)7-12/h6-8,11,17H,4-5,9-10H2,1-3H3. The number of hydrogen-bond donors (Lipinski definition) is 1. The van der Waals surface area contributed by atoms with Crippen molar-refractivity contribution in [1.29, 1.82) is 0 Å². The molecule has 0 aliphatic heterocycles. The van der Waals surface area contributed by atoms with Crippen LogP contribution in [0.2, 0.25) is 0 Å². The number of hydrogen-bond acceptors (Lipinski definition) is 2. The summed E-state index contributed by atoms with van der Waals surface area (Å²) >= 11 is 3.31. The van der Waals surface area contributed by atoms with Crippen LogP contribution in [0.4, 0.5) is 4.39 Å². The zero-order chi connectivity index (χ0) is 13.5. The van der Waals surface area contributed by atoms with Crippen molar-refractivity contribution in [3.05, 3.63) is 34.1 Å². The maximum atomic E-state index is 13.2. The summed E-state index contributed by atoms with van der Waals surface area (Å²) in [4.78, 5) is 2.37. The lowest BCUT2D eigenvalue weighted by Crippen LogP contribution is -2.38. The molecule has 1 unspecified atom stereocenters. The van der Waals surface area contributed by atoms with Crippen LogP contribution in [0.5, 0.6) is 0 Å². The largest absolute Gasteiger partial charge is 0.309 e. The Bertz CT molecular complexity index is 347. The Morgan fingerprint density at radius 1 is 1.28 bits per heavy atom. The normalized spacial score (nSPS) is 13.0. The van der Waals surface area contributed by atoms with Crippen molar-refractivity contribution in [3.8, 4) is 0 Å². The highest BCUT2D eigenvalue weighted by molar-refractivity contribution is 9.10. The molecule has 2 nitrogen and oxygen atoms in total. The van der Waals surface area contributed by atoms with Crippen molar-refractivity contribution in [2.24, 2.45) is 0 Å². The van der Waals surface area contributed by atoms with Crippen LogP contribution in [-0.4, -0.2) is 30.6 Å². The average molecular weight is 317 g/mol. The van der Waals surface area contributed by atoms with Crippen molar-refractivity contribution in [2.45, 2.75) is 33.4 Å². The van der Waals surface area contributed by atoms with Crippen LogP contribution in [0.15, 0.2) is 22.7 Å². The molecule has 0 fully saturated rings. The highest BCUT2D eigenvalue weighted by Gasteiger charge is 2.07. The van der Waals surface area contributed by atoms with E-state index in [1.54, 1.807) is 6.07 Å². The first kappa shape index (κ1) is 15.6. The van der Waals surface area contributed by atoms with Gasteiger partial charge in [-0.2, -0.15) is 0 Å². The number of likely N-dealkylation sites (N-methyl/N-ethyl adjacent to an activating group) is 1. The summed E-state index contributed by atoms with van der Waals surface area (Å²) in [6, 6.07) is 5.39. The highest BCUT2D eigenvalue weighted by atomic mass is 79.9. The Morgan fingerprint density at radius 3 is 2.50 bits per heavy atom. The molecular formula is C14H22BrFN2. The van der Waals surface area contributed by atoms with Gasteiger partial charge >= 0.3 is 0 Å². The van der Waals surface area contributed by atoms with Crippen LogP contribution >= 0.6 is 15.9 Å². The number of rotatable bonds is 7. The lowest BCUT2D eigenvalue weighted by molar-refractivity contribution is 0.270. The zero-order valence-corrected chi connectivity index (χ0v) is 12.9. The minimum absolute atomic E-state index is 0.197. The van der Waals surface area contributed by atoms with E-state index in [1.165, 1.54) is 6.07 Å². The van der Waals surface area contributed by atoms with Crippen LogP contribution < -0.4 is 5.32 Å². The van der Waals surface area contributed by atoms with E-state index in [0.717, 1.165) is 29.7 Å². The lowest BCUT2D eigenvalue weighted by Gasteiger charge is -2.23. The number of benzene rings is 1. The van der Waals surface area contributed by atoms with Crippen molar-refractivity contribution in [1.82, 2.24) is 10.2 Å². The maximum absolute atomic E-state index is 13.2. The van der Waals surface area contributed by atoms with E-state index in [-0.39, 0.29) is 5.82 Å². The highest BCUT2D eigenvalue weighted by Crippen LogP contribution is 2.14. The van der Waals surface area contributed by atoms with Gasteiger partial charge in [-0.05, 0) is 43.8 Å². The third-order valence-electron chi connectivity index (χ3n) is 3.00. The van der Waals surface area contributed by atoms with Crippen LogP contribution in [0, 0.1) is 5.82 Å². The summed E-state index contributed by atoms with van der Waals surface area (Å²) in [6.07, 6.45) is 0. The van der Waals surface area contributed by atoms with Gasteiger partial charge in [0.05, 0.1) is 0 Å². The van der Waals surface area contributed by atoms with E-state index in [2.05, 4.69) is 46.9 Å². The second-order valence-corrected chi connectivity index (χ2v) is 5.46. The van der Waals surface area contributed by atoms with Gasteiger partial charge in [0.15, 0.2) is 0 Å². The quantitative estimate of drug-likeness (QED) is 0.829. The smallest absolute Gasteiger partial charge is 0.124 e. The van der Waals surface area contributed by atoms with E-state index in [4.69, 9.17) is 0 Å². The number of nitrogens with zero attached hydrogens (tertiary/aromatic N) is 1. The van der Waals surface area contributed by atoms with Gasteiger partial charge in [0.2, 0.25) is 0 Å². The van der Waals surface area contributed by atoms with Crippen LogP contribution in [0.3, 0.4) is 0 Å². The molecule has 0 aliphatic rings. The van der Waals surface area contributed by atoms with Crippen molar-refractivity contribution in [3.63, 3.8) is 0 Å². The minimum Gasteiger partial charge on any atom is -0.309 e. The molecule has 102 valence electrons. The van der Waals surface area contributed by atoms with E-state index >= 15 is 0 Å². The van der Waals surface area contributed by atoms with Gasteiger partial charge in [0.25, 0.3) is 0 Å². The molecule has 1 aromatic rings. The average Bonchev–Trinajstić information content (AvgIpc) is 2.32. The molecule has 0 amide bonds. The molecule has 1 aromatic carbocycles. The van der Waals surface area contributed by atoms with E-state index in [9.17, 15) is 4.39 Å². The fourth-order valence-electron chi connectivity index (χ4n) is 1.94. The number of nitrogens with one attached hydrogen (secondary N) is 1. The van der Waals surface area contributed by atoms with Gasteiger partial charge in [0.1, 0.15) is 5.82 Å². The summed E-state index contributed by atoms with van der Waals surface area (Å²) in [5, 5.41) is 3.42. The molecule has 0 saturated heterocycles. The monoisotopic (exact) mass is 316 g/mol. The van der Waals surface area contributed by atoms with E-state index in [1.807, 2.05) is 6.07 Å². The van der Waals surface area contributed by atoms with E-state index in [0.29, 0.717) is 12.6 Å². The first-order valence-corrected chi connectivity index (χ1v) is 7.25. The Hall–Kier alpha value is -0.450. The van der Waals surface area contributed by atoms with Crippen LogP contribution in [0.1, 0.15) is 26.3 Å². The second kappa shape index (κ2) is 7.87. The minimum atomic E-state index is -0.197. The third kappa shape index (κ3) is 5.46. The molecule has 0 aromatic heterocycles. The molecule has 4 heteroatoms. The molecule has 0 heterocycles. The fourth-order valence-corrected chi connectivity index (χ4v) is 2.45. The number of halogens is 2. The van der Waals surface area contributed by atoms with Crippen LogP contribution in [-0.2, 0) is 6.54 Å². The molecule has 1 rings (SSSR count). The summed E-state index contributed by atoms with van der Waals surface area (Å²) in [7, 11) is 0. The maximum Gasteiger partial charge on any atom is 0.124 e. The summed E-state index contributed by atoms with van der Waals surface area (Å²) in [5.41, 5.74) is 0.966. The molecule has 0 bridgehead atoms. The summed E-state index contributed by atoms with van der Waals surface area (Å²) < 4.78 is 14.0. The van der Waals surface area contributed by atoms with Gasteiger partial charge in [-0.3, -0.25) is 0 Å². The molecule has 18 heavy (non-hydrogen) atoms. The van der Waals surface area contributed by atoms with Crippen LogP contribution in [0.25, 0.3) is 0 Å². The van der Waals surface area contributed by atoms with Gasteiger partial charge in [-0.15, -0.1) is 0 Å². The summed E-state index contributed by atoms with van der Waals surface area (Å²) in [6.45, 7) is 10.3. The summed E-state index contributed by atoms with van der Waals surface area (Å²) in [5.74, 6) is -0.197. The molecule has 1 N–H and O–H groups in total. The predicted octanol–water partition coefficient (Wildman–Crippen LogP) is 3.41. The van der Waals surface area contributed by atoms with Crippen molar-refractivity contribution >= 4 is 15.9 Å². The van der Waals surface area contributed by atoms with Crippen molar-refractivity contribution < 1.29 is 4.39 Å². The van der Waals surface area contributed by atoms with Crippen molar-refractivity contribution in [2.75, 3.05) is 19.6 Å². The Morgan fingerprint density at radius 2 is 1.94 bits per heavy atom. The van der Waals surface area contributed by atoms with Gasteiger partial charge in [0, 0.05) is 23.6 Å². The van der Waals surface area contributed by atoms with E-state index < -0.39 is 0 Å². The fraction of sp³-hybridized carbons (Fsp3) is 0.571. The molecule has 0 spiro atoms. The van der Waals surface area contributed by atoms with Gasteiger partial charge in [-0.25, -0.2) is 4.39 Å². The molecular weight excluding hydrogens is 295 g/mol. The second-order valence-electron chi connectivity index (χ2n) is 4.55. The zero-order valence-electron chi connectivity index (χ0n) is 11.3. The molecule has 0 radical (unpaired) electrons. The SMILES string of the molecule is CCN(CC)CC(C)NCc1cc(F)cc(Br)c1. The Labute approximate surface area is 118 Å². The third-order valence-corrected chi connectivity index (χ3v) is 3.46. The van der Waals surface area contributed by atoms with Gasteiger partial charge < -0.3 is 10.2 Å². The van der Waals surface area contributed by atoms with Gasteiger partial charge in [-0.1, -0.05) is 29.8 Å². The Kier molecular flexibility index (Phi) is 6.82. The molecule has 1 atom stereocenters.